The van der Waals surface area contributed by atoms with E-state index >= 15 is 0 Å². The van der Waals surface area contributed by atoms with Gasteiger partial charge in [-0.25, -0.2) is 0 Å². The first kappa shape index (κ1) is 23.9. The fourth-order valence-corrected chi connectivity index (χ4v) is 4.22. The normalized spacial score (nSPS) is 16.5. The Labute approximate surface area is 185 Å². The third kappa shape index (κ3) is 5.35. The van der Waals surface area contributed by atoms with E-state index in [1.54, 1.807) is 24.3 Å². The molecule has 0 saturated carbocycles. The van der Waals surface area contributed by atoms with Gasteiger partial charge in [0.25, 0.3) is 0 Å². The van der Waals surface area contributed by atoms with Crippen LogP contribution in [0.5, 0.6) is 11.5 Å². The third-order valence-electron chi connectivity index (χ3n) is 5.69. The highest BCUT2D eigenvalue weighted by atomic mass is 19.4. The summed E-state index contributed by atoms with van der Waals surface area (Å²) in [4.78, 5) is 13.3. The minimum atomic E-state index is -4.51. The van der Waals surface area contributed by atoms with Crippen LogP contribution in [0.25, 0.3) is 0 Å². The van der Waals surface area contributed by atoms with Gasteiger partial charge in [0.15, 0.2) is 11.5 Å². The third-order valence-corrected chi connectivity index (χ3v) is 5.69. The molecular weight excluding hydrogens is 423 g/mol. The molecule has 0 bridgehead atoms. The minimum absolute atomic E-state index is 0.139. The van der Waals surface area contributed by atoms with E-state index in [1.807, 2.05) is 18.7 Å². The van der Waals surface area contributed by atoms with Gasteiger partial charge in [-0.15, -0.1) is 0 Å². The van der Waals surface area contributed by atoms with E-state index < -0.39 is 29.7 Å². The first-order chi connectivity index (χ1) is 15.3. The molecule has 0 spiro atoms. The van der Waals surface area contributed by atoms with Gasteiger partial charge in [-0.3, -0.25) is 9.69 Å². The highest BCUT2D eigenvalue weighted by Crippen LogP contribution is 2.42. The molecule has 1 heterocycles. The zero-order valence-electron chi connectivity index (χ0n) is 18.2. The van der Waals surface area contributed by atoms with Gasteiger partial charge in [0.1, 0.15) is 0 Å². The first-order valence-corrected chi connectivity index (χ1v) is 10.8. The predicted molar refractivity (Wildman–Crippen MR) is 114 cm³/mol. The van der Waals surface area contributed by atoms with Gasteiger partial charge < -0.3 is 14.6 Å². The molecule has 174 valence electrons. The van der Waals surface area contributed by atoms with Gasteiger partial charge in [-0.2, -0.15) is 13.2 Å². The summed E-state index contributed by atoms with van der Waals surface area (Å²) in [5.74, 6) is -0.340. The van der Waals surface area contributed by atoms with Crippen molar-refractivity contribution in [1.29, 1.82) is 0 Å². The van der Waals surface area contributed by atoms with Crippen molar-refractivity contribution < 1.29 is 32.5 Å². The average molecular weight is 451 g/mol. The Hall–Kier alpha value is -2.74. The molecule has 1 aliphatic heterocycles. The summed E-state index contributed by atoms with van der Waals surface area (Å²) >= 11 is 0. The fraction of sp³-hybridized carbons (Fsp3) is 0.458. The summed E-state index contributed by atoms with van der Waals surface area (Å²) in [6.45, 7) is 5.25. The molecule has 0 aromatic heterocycles. The molecule has 1 unspecified atom stereocenters. The van der Waals surface area contributed by atoms with Crippen LogP contribution in [0.3, 0.4) is 0 Å². The number of benzene rings is 2. The number of piperidine rings is 1. The second-order valence-electron chi connectivity index (χ2n) is 7.71. The molecule has 0 aliphatic carbocycles. The highest BCUT2D eigenvalue weighted by molar-refractivity contribution is 5.70. The quantitative estimate of drug-likeness (QED) is 0.583. The molecule has 5 nitrogen and oxygen atoms in total. The van der Waals surface area contributed by atoms with Gasteiger partial charge in [0, 0.05) is 0 Å². The summed E-state index contributed by atoms with van der Waals surface area (Å²) in [6, 6.07) is 10.1. The summed E-state index contributed by atoms with van der Waals surface area (Å²) in [6.07, 6.45) is -3.74. The number of rotatable bonds is 8. The number of halogens is 3. The van der Waals surface area contributed by atoms with E-state index in [4.69, 9.17) is 9.47 Å². The maximum atomic E-state index is 13.9. The second kappa shape index (κ2) is 10.3. The smallest absolute Gasteiger partial charge is 0.416 e. The van der Waals surface area contributed by atoms with Crippen molar-refractivity contribution in [1.82, 2.24) is 4.90 Å². The van der Waals surface area contributed by atoms with Crippen molar-refractivity contribution in [2.45, 2.75) is 38.9 Å². The van der Waals surface area contributed by atoms with Crippen LogP contribution in [0.15, 0.2) is 42.5 Å². The number of ether oxygens (including phenoxy) is 2. The Kier molecular flexibility index (Phi) is 7.66. The predicted octanol–water partition coefficient (Wildman–Crippen LogP) is 5.39. The number of nitrogens with zero attached hydrogens (tertiary/aromatic N) is 1. The lowest BCUT2D eigenvalue weighted by Gasteiger charge is -2.38. The Morgan fingerprint density at radius 3 is 2.28 bits per heavy atom. The molecule has 8 heteroatoms. The molecular formula is C24H28F3NO4. The maximum Gasteiger partial charge on any atom is 0.416 e. The van der Waals surface area contributed by atoms with E-state index in [1.165, 1.54) is 12.1 Å². The lowest BCUT2D eigenvalue weighted by atomic mass is 9.89. The zero-order valence-corrected chi connectivity index (χ0v) is 18.2. The minimum Gasteiger partial charge on any atom is -0.490 e. The van der Waals surface area contributed by atoms with Gasteiger partial charge in [-0.05, 0) is 69.1 Å². The van der Waals surface area contributed by atoms with Gasteiger partial charge >= 0.3 is 12.1 Å². The van der Waals surface area contributed by atoms with Crippen molar-refractivity contribution in [2.75, 3.05) is 26.3 Å². The summed E-state index contributed by atoms with van der Waals surface area (Å²) < 4.78 is 53.0. The molecule has 2 aromatic carbocycles. The van der Waals surface area contributed by atoms with Crippen molar-refractivity contribution in [3.8, 4) is 11.5 Å². The Balaban J connectivity index is 2.09. The number of carboxylic acids is 1. The number of alkyl halides is 3. The number of likely N-dealkylation sites (tertiary alicyclic amines) is 1. The summed E-state index contributed by atoms with van der Waals surface area (Å²) in [7, 11) is 0. The molecule has 3 rings (SSSR count). The van der Waals surface area contributed by atoms with Crippen LogP contribution in [-0.4, -0.2) is 42.3 Å². The fourth-order valence-electron chi connectivity index (χ4n) is 4.22. The Morgan fingerprint density at radius 2 is 1.69 bits per heavy atom. The molecule has 1 saturated heterocycles. The van der Waals surface area contributed by atoms with E-state index in [2.05, 4.69) is 0 Å². The van der Waals surface area contributed by atoms with Gasteiger partial charge in [0.2, 0.25) is 0 Å². The average Bonchev–Trinajstić information content (AvgIpc) is 2.76. The standard InChI is InChI=1S/C24H28F3NO4/c1-3-31-20-10-9-17(15-21(20)32-4-2)22(28-13-11-16(12-14-28)23(29)30)18-7-5-6-8-19(18)24(25,26)27/h5-10,15-16,22H,3-4,11-14H2,1-2H3,(H,29,30). The van der Waals surface area contributed by atoms with Crippen molar-refractivity contribution >= 4 is 5.97 Å². The molecule has 1 atom stereocenters. The van der Waals surface area contributed by atoms with Crippen LogP contribution in [0.2, 0.25) is 0 Å². The lowest BCUT2D eigenvalue weighted by molar-refractivity contribution is -0.143. The van der Waals surface area contributed by atoms with E-state index in [-0.39, 0.29) is 5.56 Å². The second-order valence-corrected chi connectivity index (χ2v) is 7.71. The largest absolute Gasteiger partial charge is 0.490 e. The topological polar surface area (TPSA) is 59.0 Å². The number of aliphatic carboxylic acids is 1. The summed E-state index contributed by atoms with van der Waals surface area (Å²) in [5.41, 5.74) is 0.0833. The number of hydrogen-bond acceptors (Lipinski definition) is 4. The monoisotopic (exact) mass is 451 g/mol. The molecule has 0 amide bonds. The molecule has 0 radical (unpaired) electrons. The zero-order chi connectivity index (χ0) is 23.3. The number of carbonyl (C=O) groups is 1. The lowest BCUT2D eigenvalue weighted by Crippen LogP contribution is -2.39. The van der Waals surface area contributed by atoms with Crippen LogP contribution < -0.4 is 9.47 Å². The van der Waals surface area contributed by atoms with Crippen LogP contribution >= 0.6 is 0 Å². The van der Waals surface area contributed by atoms with Gasteiger partial charge in [-0.1, -0.05) is 24.3 Å². The molecule has 1 aliphatic rings. The Morgan fingerprint density at radius 1 is 1.06 bits per heavy atom. The van der Waals surface area contributed by atoms with Crippen LogP contribution in [0, 0.1) is 5.92 Å². The number of carboxylic acid groups (broad SMARTS) is 1. The Bertz CT molecular complexity index is 924. The molecule has 32 heavy (non-hydrogen) atoms. The van der Waals surface area contributed by atoms with E-state index in [0.717, 1.165) is 6.07 Å². The van der Waals surface area contributed by atoms with E-state index in [0.29, 0.717) is 56.2 Å². The van der Waals surface area contributed by atoms with Crippen molar-refractivity contribution in [3.05, 3.63) is 59.2 Å². The summed E-state index contributed by atoms with van der Waals surface area (Å²) in [5, 5.41) is 9.33. The van der Waals surface area contributed by atoms with Gasteiger partial charge in [0.05, 0.1) is 30.7 Å². The molecule has 2 aromatic rings. The molecule has 1 fully saturated rings. The maximum absolute atomic E-state index is 13.9. The van der Waals surface area contributed by atoms with E-state index in [9.17, 15) is 23.1 Å². The number of hydrogen-bond donors (Lipinski definition) is 1. The van der Waals surface area contributed by atoms with Crippen molar-refractivity contribution in [3.63, 3.8) is 0 Å². The van der Waals surface area contributed by atoms with Crippen molar-refractivity contribution in [2.24, 2.45) is 5.92 Å². The van der Waals surface area contributed by atoms with Crippen LogP contribution in [0.4, 0.5) is 13.2 Å². The molecule has 1 N–H and O–H groups in total. The van der Waals surface area contributed by atoms with Crippen LogP contribution in [-0.2, 0) is 11.0 Å². The highest BCUT2D eigenvalue weighted by Gasteiger charge is 2.38. The first-order valence-electron chi connectivity index (χ1n) is 10.8. The van der Waals surface area contributed by atoms with Crippen LogP contribution in [0.1, 0.15) is 49.4 Å². The SMILES string of the molecule is CCOc1ccc(C(c2ccccc2C(F)(F)F)N2CCC(C(=O)O)CC2)cc1OCC.